The van der Waals surface area contributed by atoms with Gasteiger partial charge in [-0.05, 0) is 19.9 Å². The molecule has 2 rings (SSSR count). The fraction of sp³-hybridized carbons (Fsp3) is 0.158. The molecule has 0 unspecified atom stereocenters. The number of aryl methyl sites for hydroxylation is 2. The summed E-state index contributed by atoms with van der Waals surface area (Å²) in [6.45, 7) is 7.63. The minimum atomic E-state index is -0.472. The van der Waals surface area contributed by atoms with Crippen LogP contribution >= 0.6 is 12.2 Å². The summed E-state index contributed by atoms with van der Waals surface area (Å²) in [5, 5.41) is 25.1. The van der Waals surface area contributed by atoms with Crippen molar-refractivity contribution in [3.8, 4) is 0 Å². The average Bonchev–Trinajstić information content (AvgIpc) is 2.60. The van der Waals surface area contributed by atoms with E-state index in [1.807, 2.05) is 25.3 Å². The summed E-state index contributed by atoms with van der Waals surface area (Å²) < 4.78 is 1.69. The standard InChI is InChI=1S/C19H19N3O3S/c1-4-9-20-19(26)17(21-10-5-6-13(2)12-21)18(23)15-8-7-14(3)16(11-15)22(24)25/h4-8,10-12H,1,9H2,2-3H3,(H-,20,23,26)/p+1. The van der Waals surface area contributed by atoms with E-state index in [2.05, 4.69) is 11.9 Å². The van der Waals surface area contributed by atoms with Crippen LogP contribution in [-0.4, -0.2) is 21.6 Å². The number of nitrogens with one attached hydrogen (secondary N) is 1. The molecule has 0 aliphatic heterocycles. The molecule has 0 bridgehead atoms. The Balaban J connectivity index is 2.65. The number of aromatic nitrogens is 1. The molecule has 2 N–H and O–H groups in total. The molecule has 0 aliphatic rings. The van der Waals surface area contributed by atoms with Gasteiger partial charge in [0.15, 0.2) is 23.1 Å². The van der Waals surface area contributed by atoms with Crippen LogP contribution in [0, 0.1) is 24.0 Å². The van der Waals surface area contributed by atoms with E-state index in [4.69, 9.17) is 12.2 Å². The number of pyridine rings is 1. The number of aliphatic hydroxyl groups is 1. The monoisotopic (exact) mass is 370 g/mol. The third-order valence-electron chi connectivity index (χ3n) is 3.73. The summed E-state index contributed by atoms with van der Waals surface area (Å²) >= 11 is 5.42. The molecule has 0 atom stereocenters. The highest BCUT2D eigenvalue weighted by Crippen LogP contribution is 2.25. The van der Waals surface area contributed by atoms with E-state index in [1.165, 1.54) is 6.07 Å². The summed E-state index contributed by atoms with van der Waals surface area (Å²) in [6, 6.07) is 8.32. The Labute approximate surface area is 157 Å². The highest BCUT2D eigenvalue weighted by Gasteiger charge is 2.25. The molecular weight excluding hydrogens is 350 g/mol. The summed E-state index contributed by atoms with van der Waals surface area (Å²) in [4.78, 5) is 11.0. The van der Waals surface area contributed by atoms with Gasteiger partial charge in [-0.25, -0.2) is 0 Å². The first-order valence-corrected chi connectivity index (χ1v) is 8.32. The predicted octanol–water partition coefficient (Wildman–Crippen LogP) is 3.49. The van der Waals surface area contributed by atoms with Gasteiger partial charge >= 0.3 is 0 Å². The number of thiocarbonyl (C=S) groups is 1. The number of nitrogens with zero attached hydrogens (tertiary/aromatic N) is 2. The zero-order chi connectivity index (χ0) is 19.3. The van der Waals surface area contributed by atoms with E-state index in [1.54, 1.807) is 35.9 Å². The number of hydrogen-bond acceptors (Lipinski definition) is 4. The molecule has 7 heteroatoms. The number of rotatable bonds is 6. The summed E-state index contributed by atoms with van der Waals surface area (Å²) in [5.74, 6) is -0.148. The maximum absolute atomic E-state index is 11.2. The molecule has 26 heavy (non-hydrogen) atoms. The lowest BCUT2D eigenvalue weighted by molar-refractivity contribution is -0.576. The highest BCUT2D eigenvalue weighted by atomic mass is 32.1. The van der Waals surface area contributed by atoms with E-state index in [0.29, 0.717) is 28.4 Å². The molecule has 0 saturated heterocycles. The van der Waals surface area contributed by atoms with Gasteiger partial charge in [-0.15, -0.1) is 6.58 Å². The first kappa shape index (κ1) is 19.3. The first-order valence-electron chi connectivity index (χ1n) is 7.91. The number of nitro benzene ring substituents is 1. The molecular formula is C19H20N3O3S+. The van der Waals surface area contributed by atoms with E-state index in [0.717, 1.165) is 5.56 Å². The van der Waals surface area contributed by atoms with Gasteiger partial charge in [-0.3, -0.25) is 10.1 Å². The van der Waals surface area contributed by atoms with E-state index in [-0.39, 0.29) is 11.4 Å². The van der Waals surface area contributed by atoms with Crippen LogP contribution in [-0.2, 0) is 0 Å². The maximum atomic E-state index is 11.2. The van der Waals surface area contributed by atoms with Crippen molar-refractivity contribution in [2.45, 2.75) is 13.8 Å². The number of aliphatic hydroxyl groups excluding tert-OH is 1. The van der Waals surface area contributed by atoms with Gasteiger partial charge in [-0.2, -0.15) is 4.57 Å². The number of nitro groups is 1. The Morgan fingerprint density at radius 3 is 2.77 bits per heavy atom. The lowest BCUT2D eigenvalue weighted by atomic mass is 10.1. The molecule has 6 nitrogen and oxygen atoms in total. The summed E-state index contributed by atoms with van der Waals surface area (Å²) in [6.07, 6.45) is 5.22. The van der Waals surface area contributed by atoms with Crippen molar-refractivity contribution in [1.82, 2.24) is 5.32 Å². The molecule has 1 aromatic carbocycles. The van der Waals surface area contributed by atoms with Crippen molar-refractivity contribution >= 4 is 34.3 Å². The minimum Gasteiger partial charge on any atom is -0.502 e. The molecule has 0 radical (unpaired) electrons. The van der Waals surface area contributed by atoms with Gasteiger partial charge in [0.1, 0.15) is 0 Å². The highest BCUT2D eigenvalue weighted by molar-refractivity contribution is 7.81. The van der Waals surface area contributed by atoms with Gasteiger partial charge in [0.05, 0.1) is 4.92 Å². The molecule has 0 spiro atoms. The lowest BCUT2D eigenvalue weighted by Crippen LogP contribution is -2.41. The molecule has 2 aromatic rings. The van der Waals surface area contributed by atoms with E-state index >= 15 is 0 Å². The Hall–Kier alpha value is -3.06. The summed E-state index contributed by atoms with van der Waals surface area (Å²) in [5.41, 5.74) is 2.08. The SMILES string of the molecule is C=CCNC(=S)/C(=C(\O)c1ccc(C)c([N+](=O)[O-])c1)[n+]1cccc(C)c1. The topological polar surface area (TPSA) is 79.3 Å². The predicted molar refractivity (Wildman–Crippen MR) is 106 cm³/mol. The number of benzene rings is 1. The Bertz CT molecular complexity index is 907. The quantitative estimate of drug-likeness (QED) is 0.155. The van der Waals surface area contributed by atoms with Crippen molar-refractivity contribution in [1.29, 1.82) is 0 Å². The molecule has 0 saturated carbocycles. The van der Waals surface area contributed by atoms with Crippen LogP contribution in [0.2, 0.25) is 0 Å². The molecule has 0 aliphatic carbocycles. The normalized spacial score (nSPS) is 11.5. The van der Waals surface area contributed by atoms with Gasteiger partial charge in [0.25, 0.3) is 11.4 Å². The van der Waals surface area contributed by atoms with Crippen LogP contribution < -0.4 is 9.88 Å². The van der Waals surface area contributed by atoms with Gasteiger partial charge in [0, 0.05) is 35.4 Å². The second-order valence-electron chi connectivity index (χ2n) is 5.74. The van der Waals surface area contributed by atoms with Crippen molar-refractivity contribution < 1.29 is 14.6 Å². The molecule has 1 aromatic heterocycles. The van der Waals surface area contributed by atoms with Crippen molar-refractivity contribution in [3.63, 3.8) is 0 Å². The second kappa shape index (κ2) is 8.35. The van der Waals surface area contributed by atoms with Gasteiger partial charge in [0.2, 0.25) is 0 Å². The zero-order valence-electron chi connectivity index (χ0n) is 14.6. The Morgan fingerprint density at radius 1 is 1.42 bits per heavy atom. The van der Waals surface area contributed by atoms with Gasteiger partial charge in [-0.1, -0.05) is 30.4 Å². The smallest absolute Gasteiger partial charge is 0.288 e. The molecule has 0 fully saturated rings. The summed E-state index contributed by atoms with van der Waals surface area (Å²) in [7, 11) is 0. The van der Waals surface area contributed by atoms with Crippen LogP contribution in [0.25, 0.3) is 11.5 Å². The first-order chi connectivity index (χ1) is 12.3. The zero-order valence-corrected chi connectivity index (χ0v) is 15.4. The third-order valence-corrected chi connectivity index (χ3v) is 4.07. The Morgan fingerprint density at radius 2 is 2.15 bits per heavy atom. The van der Waals surface area contributed by atoms with Crippen molar-refractivity contribution in [3.05, 3.63) is 82.2 Å². The molecule has 134 valence electrons. The second-order valence-corrected chi connectivity index (χ2v) is 6.15. The van der Waals surface area contributed by atoms with Crippen LogP contribution in [0.5, 0.6) is 0 Å². The van der Waals surface area contributed by atoms with Crippen molar-refractivity contribution in [2.75, 3.05) is 6.54 Å². The maximum Gasteiger partial charge on any atom is 0.288 e. The Kier molecular flexibility index (Phi) is 6.19. The minimum absolute atomic E-state index is 0.0624. The molecule has 0 amide bonds. The van der Waals surface area contributed by atoms with Crippen molar-refractivity contribution in [2.24, 2.45) is 0 Å². The van der Waals surface area contributed by atoms with Crippen LogP contribution in [0.1, 0.15) is 16.7 Å². The van der Waals surface area contributed by atoms with Crippen LogP contribution in [0.15, 0.2) is 55.4 Å². The fourth-order valence-corrected chi connectivity index (χ4v) is 2.70. The van der Waals surface area contributed by atoms with E-state index < -0.39 is 4.92 Å². The lowest BCUT2D eigenvalue weighted by Gasteiger charge is -2.09. The molecule has 1 heterocycles. The number of hydrogen-bond donors (Lipinski definition) is 2. The van der Waals surface area contributed by atoms with Gasteiger partial charge < -0.3 is 10.4 Å². The van der Waals surface area contributed by atoms with Crippen LogP contribution in [0.4, 0.5) is 5.69 Å². The van der Waals surface area contributed by atoms with Crippen LogP contribution in [0.3, 0.4) is 0 Å². The van der Waals surface area contributed by atoms with E-state index in [9.17, 15) is 15.2 Å². The fourth-order valence-electron chi connectivity index (χ4n) is 2.42. The average molecular weight is 370 g/mol. The largest absolute Gasteiger partial charge is 0.502 e. The third kappa shape index (κ3) is 4.31.